The average molecular weight is 379 g/mol. The zero-order chi connectivity index (χ0) is 18.2. The number of benzene rings is 1. The van der Waals surface area contributed by atoms with Gasteiger partial charge in [-0.3, -0.25) is 4.98 Å². The van der Waals surface area contributed by atoms with E-state index >= 15 is 0 Å². The number of hydrogen-bond acceptors (Lipinski definition) is 6. The van der Waals surface area contributed by atoms with Gasteiger partial charge in [0.25, 0.3) is 0 Å². The lowest BCUT2D eigenvalue weighted by Gasteiger charge is -2.28. The molecule has 2 atom stereocenters. The van der Waals surface area contributed by atoms with E-state index in [1.807, 2.05) is 40.9 Å². The maximum Gasteiger partial charge on any atom is 0.127 e. The van der Waals surface area contributed by atoms with Gasteiger partial charge in [0.05, 0.1) is 30.1 Å². The van der Waals surface area contributed by atoms with Gasteiger partial charge in [-0.1, -0.05) is 0 Å². The Morgan fingerprint density at radius 1 is 1.11 bits per heavy atom. The molecule has 2 aromatic heterocycles. The third-order valence-electron chi connectivity index (χ3n) is 5.41. The van der Waals surface area contributed by atoms with Crippen molar-refractivity contribution in [2.45, 2.75) is 48.0 Å². The van der Waals surface area contributed by atoms with Crippen LogP contribution in [0.1, 0.15) is 25.7 Å². The molecule has 0 saturated carbocycles. The third-order valence-corrected chi connectivity index (χ3v) is 6.58. The Morgan fingerprint density at radius 3 is 2.63 bits per heavy atom. The Labute approximate surface area is 162 Å². The van der Waals surface area contributed by atoms with Gasteiger partial charge >= 0.3 is 0 Å². The summed E-state index contributed by atoms with van der Waals surface area (Å²) in [4.78, 5) is 13.2. The first-order valence-electron chi connectivity index (χ1n) is 9.31. The number of nitrogens with one attached hydrogen (secondary N) is 1. The van der Waals surface area contributed by atoms with Crippen molar-refractivity contribution in [2.75, 3.05) is 0 Å². The second-order valence-electron chi connectivity index (χ2n) is 7.26. The van der Waals surface area contributed by atoms with E-state index in [0.717, 1.165) is 10.7 Å². The molecule has 2 bridgehead atoms. The summed E-state index contributed by atoms with van der Waals surface area (Å²) in [5, 5.41) is 15.7. The number of piperidine rings is 1. The van der Waals surface area contributed by atoms with Crippen LogP contribution in [-0.4, -0.2) is 42.0 Å². The fourth-order valence-electron chi connectivity index (χ4n) is 4.10. The standard InChI is InChI=1S/C20H21N5OS/c26-19-9-15(25-6-5-21-12-25)3-4-17(19)18-10-23-20(11-22-18)27-16-7-13-1-2-14(8-16)24-13/h3-6,9-14,16,24,26H,1-2,7-8H2. The molecule has 0 amide bonds. The van der Waals surface area contributed by atoms with E-state index in [-0.39, 0.29) is 5.75 Å². The summed E-state index contributed by atoms with van der Waals surface area (Å²) < 4.78 is 1.85. The minimum Gasteiger partial charge on any atom is -0.507 e. The number of nitrogens with zero attached hydrogens (tertiary/aromatic N) is 4. The van der Waals surface area contributed by atoms with E-state index in [4.69, 9.17) is 0 Å². The second kappa shape index (κ2) is 6.98. The van der Waals surface area contributed by atoms with Gasteiger partial charge in [0.2, 0.25) is 0 Å². The van der Waals surface area contributed by atoms with E-state index in [1.165, 1.54) is 25.7 Å². The number of imidazole rings is 1. The molecule has 2 saturated heterocycles. The maximum atomic E-state index is 10.4. The molecule has 2 N–H and O–H groups in total. The van der Waals surface area contributed by atoms with E-state index < -0.39 is 0 Å². The van der Waals surface area contributed by atoms with Gasteiger partial charge < -0.3 is 15.0 Å². The van der Waals surface area contributed by atoms with Crippen LogP contribution in [-0.2, 0) is 0 Å². The Bertz CT molecular complexity index is 916. The minimum atomic E-state index is 0.186. The Kier molecular flexibility index (Phi) is 4.33. The zero-order valence-electron chi connectivity index (χ0n) is 14.8. The molecular weight excluding hydrogens is 358 g/mol. The number of fused-ring (bicyclic) bond motifs is 2. The molecule has 3 aromatic rings. The summed E-state index contributed by atoms with van der Waals surface area (Å²) in [6.45, 7) is 0. The van der Waals surface area contributed by atoms with Crippen molar-refractivity contribution in [2.24, 2.45) is 0 Å². The topological polar surface area (TPSA) is 75.9 Å². The first-order chi connectivity index (χ1) is 13.2. The summed E-state index contributed by atoms with van der Waals surface area (Å²) >= 11 is 1.83. The van der Waals surface area contributed by atoms with Crippen LogP contribution in [0.4, 0.5) is 0 Å². The average Bonchev–Trinajstić information content (AvgIpc) is 3.32. The van der Waals surface area contributed by atoms with Gasteiger partial charge in [-0.05, 0) is 37.8 Å². The maximum absolute atomic E-state index is 10.4. The van der Waals surface area contributed by atoms with Gasteiger partial charge in [-0.25, -0.2) is 9.97 Å². The highest BCUT2D eigenvalue weighted by Gasteiger charge is 2.33. The van der Waals surface area contributed by atoms with Crippen molar-refractivity contribution < 1.29 is 5.11 Å². The smallest absolute Gasteiger partial charge is 0.127 e. The van der Waals surface area contributed by atoms with Crippen LogP contribution in [0.2, 0.25) is 0 Å². The van der Waals surface area contributed by atoms with Crippen LogP contribution in [0.15, 0.2) is 54.3 Å². The molecule has 1 aromatic carbocycles. The van der Waals surface area contributed by atoms with Gasteiger partial charge in [-0.2, -0.15) is 0 Å². The fourth-order valence-corrected chi connectivity index (χ4v) is 5.32. The molecule has 2 fully saturated rings. The first-order valence-corrected chi connectivity index (χ1v) is 10.2. The van der Waals surface area contributed by atoms with Crippen LogP contribution in [0.5, 0.6) is 5.75 Å². The lowest BCUT2D eigenvalue weighted by Crippen LogP contribution is -2.39. The van der Waals surface area contributed by atoms with Crippen molar-refractivity contribution in [1.82, 2.24) is 24.8 Å². The summed E-state index contributed by atoms with van der Waals surface area (Å²) in [7, 11) is 0. The number of phenolic OH excluding ortho intramolecular Hbond substituents is 1. The largest absolute Gasteiger partial charge is 0.507 e. The van der Waals surface area contributed by atoms with Crippen LogP contribution in [0.3, 0.4) is 0 Å². The highest BCUT2D eigenvalue weighted by atomic mass is 32.2. The first kappa shape index (κ1) is 16.8. The number of phenols is 1. The molecular formula is C20H21N5OS. The molecule has 0 radical (unpaired) electrons. The molecule has 2 unspecified atom stereocenters. The molecule has 5 rings (SSSR count). The normalized spacial score (nSPS) is 24.2. The van der Waals surface area contributed by atoms with Crippen LogP contribution in [0.25, 0.3) is 16.9 Å². The molecule has 0 spiro atoms. The van der Waals surface area contributed by atoms with E-state index in [0.29, 0.717) is 28.6 Å². The van der Waals surface area contributed by atoms with Crippen molar-refractivity contribution in [1.29, 1.82) is 0 Å². The molecule has 2 aliphatic rings. The van der Waals surface area contributed by atoms with Gasteiger partial charge in [0.1, 0.15) is 10.8 Å². The van der Waals surface area contributed by atoms with Gasteiger partial charge in [0, 0.05) is 41.4 Å². The zero-order valence-corrected chi connectivity index (χ0v) is 15.6. The third kappa shape index (κ3) is 3.44. The molecule has 7 heteroatoms. The predicted molar refractivity (Wildman–Crippen MR) is 105 cm³/mol. The van der Waals surface area contributed by atoms with E-state index in [9.17, 15) is 5.11 Å². The molecule has 2 aliphatic heterocycles. The summed E-state index contributed by atoms with van der Waals surface area (Å²) in [5.74, 6) is 0.186. The SMILES string of the molecule is Oc1cc(-n2ccnc2)ccc1-c1cnc(SC2CC3CCC(C2)N3)cn1. The fraction of sp³-hybridized carbons (Fsp3) is 0.350. The van der Waals surface area contributed by atoms with Gasteiger partial charge in [-0.15, -0.1) is 11.8 Å². The van der Waals surface area contributed by atoms with Crippen molar-refractivity contribution >= 4 is 11.8 Å². The highest BCUT2D eigenvalue weighted by Crippen LogP contribution is 2.37. The van der Waals surface area contributed by atoms with Crippen molar-refractivity contribution in [3.8, 4) is 22.7 Å². The minimum absolute atomic E-state index is 0.186. The quantitative estimate of drug-likeness (QED) is 0.723. The summed E-state index contributed by atoms with van der Waals surface area (Å²) in [5.41, 5.74) is 2.22. The van der Waals surface area contributed by atoms with Crippen LogP contribution < -0.4 is 5.32 Å². The van der Waals surface area contributed by atoms with Crippen molar-refractivity contribution in [3.63, 3.8) is 0 Å². The monoisotopic (exact) mass is 379 g/mol. The van der Waals surface area contributed by atoms with Crippen LogP contribution in [0, 0.1) is 0 Å². The number of hydrogen-bond donors (Lipinski definition) is 2. The predicted octanol–water partition coefficient (Wildman–Crippen LogP) is 3.41. The van der Waals surface area contributed by atoms with Crippen LogP contribution >= 0.6 is 11.8 Å². The molecule has 4 heterocycles. The van der Waals surface area contributed by atoms with Gasteiger partial charge in [0.15, 0.2) is 0 Å². The number of thioether (sulfide) groups is 1. The molecule has 0 aliphatic carbocycles. The van der Waals surface area contributed by atoms with E-state index in [1.54, 1.807) is 24.8 Å². The summed E-state index contributed by atoms with van der Waals surface area (Å²) in [6.07, 6.45) is 13.9. The summed E-state index contributed by atoms with van der Waals surface area (Å²) in [6, 6.07) is 6.88. The lowest BCUT2D eigenvalue weighted by molar-refractivity contribution is 0.414. The Hall–Kier alpha value is -2.38. The molecule has 27 heavy (non-hydrogen) atoms. The Morgan fingerprint density at radius 2 is 1.96 bits per heavy atom. The number of aromatic nitrogens is 4. The highest BCUT2D eigenvalue weighted by molar-refractivity contribution is 7.99. The molecule has 6 nitrogen and oxygen atoms in total. The van der Waals surface area contributed by atoms with E-state index in [2.05, 4.69) is 20.3 Å². The van der Waals surface area contributed by atoms with Crippen molar-refractivity contribution in [3.05, 3.63) is 49.3 Å². The second-order valence-corrected chi connectivity index (χ2v) is 8.58. The number of aromatic hydroxyl groups is 1. The lowest BCUT2D eigenvalue weighted by atomic mass is 10.1. The molecule has 138 valence electrons. The number of rotatable bonds is 4. The Balaban J connectivity index is 1.31.